The first-order valence-corrected chi connectivity index (χ1v) is 6.75. The molecule has 1 N–H and O–H groups in total. The van der Waals surface area contributed by atoms with Gasteiger partial charge in [0.1, 0.15) is 0 Å². The maximum absolute atomic E-state index is 11.7. The van der Waals surface area contributed by atoms with E-state index >= 15 is 0 Å². The number of unbranched alkanes of at least 4 members (excludes halogenated alkanes) is 1. The first kappa shape index (κ1) is 13.7. The molecule has 0 amide bonds. The van der Waals surface area contributed by atoms with Gasteiger partial charge < -0.3 is 5.21 Å². The maximum atomic E-state index is 11.7. The summed E-state index contributed by atoms with van der Waals surface area (Å²) in [5, 5.41) is 11.1. The Labute approximate surface area is 101 Å². The van der Waals surface area contributed by atoms with Gasteiger partial charge in [0, 0.05) is 6.42 Å². The van der Waals surface area contributed by atoms with Crippen molar-refractivity contribution in [3.8, 4) is 0 Å². The number of hydroxylamine groups is 1. The van der Waals surface area contributed by atoms with Crippen LogP contribution in [0.1, 0.15) is 25.3 Å². The van der Waals surface area contributed by atoms with Crippen molar-refractivity contribution < 1.29 is 17.7 Å². The van der Waals surface area contributed by atoms with Gasteiger partial charge in [-0.3, -0.25) is 4.55 Å². The molecule has 0 bridgehead atoms. The van der Waals surface area contributed by atoms with Crippen LogP contribution in [0.2, 0.25) is 0 Å². The van der Waals surface area contributed by atoms with Crippen molar-refractivity contribution in [3.05, 3.63) is 41.1 Å². The lowest BCUT2D eigenvalue weighted by atomic mass is 10.2. The van der Waals surface area contributed by atoms with E-state index in [9.17, 15) is 13.6 Å². The molecule has 0 fully saturated rings. The van der Waals surface area contributed by atoms with E-state index < -0.39 is 15.2 Å². The number of hydrogen-bond donors (Lipinski definition) is 1. The molecule has 0 aromatic heterocycles. The summed E-state index contributed by atoms with van der Waals surface area (Å²) in [5.41, 5.74) is 0.195. The molecule has 0 aliphatic carbocycles. The predicted molar refractivity (Wildman–Crippen MR) is 65.5 cm³/mol. The summed E-state index contributed by atoms with van der Waals surface area (Å²) >= 11 is 0. The van der Waals surface area contributed by atoms with E-state index in [1.165, 1.54) is 12.1 Å². The Morgan fingerprint density at radius 1 is 1.35 bits per heavy atom. The summed E-state index contributed by atoms with van der Waals surface area (Å²) in [6.45, 7) is 1.93. The Balaban J connectivity index is 3.23. The van der Waals surface area contributed by atoms with Crippen LogP contribution >= 0.6 is 0 Å². The summed E-state index contributed by atoms with van der Waals surface area (Å²) in [7, 11) is -4.52. The monoisotopic (exact) mass is 257 g/mol. The van der Waals surface area contributed by atoms with E-state index in [4.69, 9.17) is 4.55 Å². The molecule has 0 spiro atoms. The standard InChI is InChI=1S/C11H15NO4S/c1-2-3-9-12(13)11(17(14,15)16)10-7-5-4-6-8-10/h4-8H,2-3,9H2,1H3,(H,14,15,16). The fourth-order valence-corrected chi connectivity index (χ4v) is 2.19. The molecule has 0 unspecified atom stereocenters. The maximum Gasteiger partial charge on any atom is 0.356 e. The van der Waals surface area contributed by atoms with E-state index in [0.717, 1.165) is 6.42 Å². The van der Waals surface area contributed by atoms with Gasteiger partial charge in [0.2, 0.25) is 0 Å². The average Bonchev–Trinajstić information content (AvgIpc) is 2.26. The van der Waals surface area contributed by atoms with Gasteiger partial charge in [-0.1, -0.05) is 31.5 Å². The van der Waals surface area contributed by atoms with Gasteiger partial charge in [0.15, 0.2) is 6.54 Å². The highest BCUT2D eigenvalue weighted by Crippen LogP contribution is 2.06. The van der Waals surface area contributed by atoms with Crippen LogP contribution in [0.25, 0.3) is 0 Å². The zero-order valence-electron chi connectivity index (χ0n) is 9.54. The van der Waals surface area contributed by atoms with Gasteiger partial charge in [-0.2, -0.15) is 13.2 Å². The molecular weight excluding hydrogens is 242 g/mol. The highest BCUT2D eigenvalue weighted by atomic mass is 32.2. The molecule has 0 heterocycles. The average molecular weight is 257 g/mol. The highest BCUT2D eigenvalue weighted by molar-refractivity contribution is 8.01. The summed E-state index contributed by atoms with van der Waals surface area (Å²) in [5.74, 6) is 0. The first-order chi connectivity index (χ1) is 7.96. The lowest BCUT2D eigenvalue weighted by Crippen LogP contribution is -2.26. The van der Waals surface area contributed by atoms with Gasteiger partial charge in [0.25, 0.3) is 0 Å². The Bertz CT molecular complexity index is 493. The molecule has 17 heavy (non-hydrogen) atoms. The zero-order valence-corrected chi connectivity index (χ0v) is 10.4. The highest BCUT2D eigenvalue weighted by Gasteiger charge is 2.27. The van der Waals surface area contributed by atoms with Crippen LogP contribution in [0.3, 0.4) is 0 Å². The van der Waals surface area contributed by atoms with E-state index in [1.54, 1.807) is 18.2 Å². The molecule has 5 nitrogen and oxygen atoms in total. The van der Waals surface area contributed by atoms with Crippen molar-refractivity contribution >= 4 is 15.2 Å². The SMILES string of the molecule is CCCC[N+]([O-])=C(c1ccccc1)S(=O)(=O)O. The number of hydrogen-bond acceptors (Lipinski definition) is 3. The summed E-state index contributed by atoms with van der Waals surface area (Å²) in [6.07, 6.45) is 1.33. The molecule has 0 saturated carbocycles. The van der Waals surface area contributed by atoms with Crippen molar-refractivity contribution in [1.29, 1.82) is 0 Å². The van der Waals surface area contributed by atoms with Crippen molar-refractivity contribution in [2.45, 2.75) is 19.8 Å². The first-order valence-electron chi connectivity index (χ1n) is 5.31. The van der Waals surface area contributed by atoms with Crippen molar-refractivity contribution in [2.24, 2.45) is 0 Å². The minimum atomic E-state index is -4.52. The Morgan fingerprint density at radius 2 is 1.94 bits per heavy atom. The fraction of sp³-hybridized carbons (Fsp3) is 0.364. The third kappa shape index (κ3) is 3.83. The summed E-state index contributed by atoms with van der Waals surface area (Å²) in [4.78, 5) is 0. The number of nitrogens with zero attached hydrogens (tertiary/aromatic N) is 1. The molecule has 0 atom stereocenters. The molecule has 6 heteroatoms. The van der Waals surface area contributed by atoms with Crippen LogP contribution < -0.4 is 0 Å². The topological polar surface area (TPSA) is 80.4 Å². The Kier molecular flexibility index (Phi) is 4.65. The molecule has 0 saturated heterocycles. The lowest BCUT2D eigenvalue weighted by molar-refractivity contribution is -0.455. The second-order valence-corrected chi connectivity index (χ2v) is 4.94. The Hall–Kier alpha value is -1.40. The van der Waals surface area contributed by atoms with Gasteiger partial charge in [0.05, 0.1) is 5.56 Å². The summed E-state index contributed by atoms with van der Waals surface area (Å²) < 4.78 is 31.8. The molecule has 0 aliphatic heterocycles. The van der Waals surface area contributed by atoms with Gasteiger partial charge in [-0.25, -0.2) is 0 Å². The quantitative estimate of drug-likeness (QED) is 0.222. The second-order valence-electron chi connectivity index (χ2n) is 3.60. The smallest absolute Gasteiger partial charge is 0.356 e. The van der Waals surface area contributed by atoms with Crippen LogP contribution in [0.5, 0.6) is 0 Å². The van der Waals surface area contributed by atoms with Crippen LogP contribution in [0, 0.1) is 5.21 Å². The predicted octanol–water partition coefficient (Wildman–Crippen LogP) is 1.63. The summed E-state index contributed by atoms with van der Waals surface area (Å²) in [6, 6.07) is 7.86. The number of rotatable bonds is 4. The van der Waals surface area contributed by atoms with Crippen molar-refractivity contribution in [3.63, 3.8) is 0 Å². The van der Waals surface area contributed by atoms with Crippen molar-refractivity contribution in [2.75, 3.05) is 6.54 Å². The third-order valence-electron chi connectivity index (χ3n) is 2.21. The molecule has 1 aromatic rings. The molecule has 1 aromatic carbocycles. The lowest BCUT2D eigenvalue weighted by Gasteiger charge is -2.08. The van der Waals surface area contributed by atoms with Crippen LogP contribution in [-0.4, -0.2) is 29.3 Å². The molecule has 0 aliphatic rings. The fourth-order valence-electron chi connectivity index (χ4n) is 1.41. The Morgan fingerprint density at radius 3 is 2.41 bits per heavy atom. The van der Waals surface area contributed by atoms with Crippen LogP contribution in [0.4, 0.5) is 0 Å². The molecule has 94 valence electrons. The largest absolute Gasteiger partial charge is 0.623 e. The van der Waals surface area contributed by atoms with E-state index in [-0.39, 0.29) is 12.1 Å². The van der Waals surface area contributed by atoms with E-state index in [0.29, 0.717) is 11.2 Å². The van der Waals surface area contributed by atoms with Crippen LogP contribution in [-0.2, 0) is 10.1 Å². The van der Waals surface area contributed by atoms with Gasteiger partial charge in [-0.15, -0.1) is 0 Å². The number of benzene rings is 1. The zero-order chi connectivity index (χ0) is 12.9. The second kappa shape index (κ2) is 5.79. The third-order valence-corrected chi connectivity index (χ3v) is 3.13. The van der Waals surface area contributed by atoms with E-state index in [2.05, 4.69) is 0 Å². The molecule has 1 rings (SSSR count). The molecular formula is C11H15NO4S. The minimum absolute atomic E-state index is 0.0422. The van der Waals surface area contributed by atoms with Crippen LogP contribution in [0.15, 0.2) is 30.3 Å². The van der Waals surface area contributed by atoms with E-state index in [1.807, 2.05) is 6.92 Å². The van der Waals surface area contributed by atoms with Crippen molar-refractivity contribution in [1.82, 2.24) is 0 Å². The normalized spacial score (nSPS) is 13.3. The minimum Gasteiger partial charge on any atom is -0.623 e. The van der Waals surface area contributed by atoms with Gasteiger partial charge in [-0.05, 0) is 12.1 Å². The molecule has 0 radical (unpaired) electrons. The van der Waals surface area contributed by atoms with Gasteiger partial charge >= 0.3 is 15.2 Å².